The summed E-state index contributed by atoms with van der Waals surface area (Å²) in [5, 5.41) is 4.93. The number of thioether (sulfide) groups is 1. The summed E-state index contributed by atoms with van der Waals surface area (Å²) in [6.45, 7) is 0. The van der Waals surface area contributed by atoms with Crippen LogP contribution in [0.3, 0.4) is 0 Å². The molecule has 0 bridgehead atoms. The second kappa shape index (κ2) is 6.87. The van der Waals surface area contributed by atoms with E-state index in [-0.39, 0.29) is 5.91 Å². The predicted molar refractivity (Wildman–Crippen MR) is 98.7 cm³/mol. The van der Waals surface area contributed by atoms with E-state index in [2.05, 4.69) is 22.0 Å². The highest BCUT2D eigenvalue weighted by molar-refractivity contribution is 8.00. The smallest absolute Gasteiger partial charge is 0.234 e. The number of nitrogens with zero attached hydrogens (tertiary/aromatic N) is 1. The Labute approximate surface area is 148 Å². The van der Waals surface area contributed by atoms with Crippen LogP contribution < -0.4 is 5.32 Å². The highest BCUT2D eigenvalue weighted by Gasteiger charge is 2.10. The van der Waals surface area contributed by atoms with Gasteiger partial charge in [0.25, 0.3) is 0 Å². The Kier molecular flexibility index (Phi) is 4.85. The Morgan fingerprint density at radius 1 is 1.22 bits per heavy atom. The zero-order valence-corrected chi connectivity index (χ0v) is 14.7. The molecule has 0 saturated heterocycles. The number of para-hydroxylation sites is 1. The van der Waals surface area contributed by atoms with Crippen LogP contribution in [0.4, 0.5) is 5.69 Å². The molecule has 0 fully saturated rings. The highest BCUT2D eigenvalue weighted by atomic mass is 35.5. The average Bonchev–Trinajstić information content (AvgIpc) is 2.85. The number of amides is 1. The Morgan fingerprint density at radius 3 is 2.78 bits per heavy atom. The first-order chi connectivity index (χ1) is 11.0. The summed E-state index contributed by atoms with van der Waals surface area (Å²) < 4.78 is 2.06. The lowest BCUT2D eigenvalue weighted by Crippen LogP contribution is -2.14. The Hall–Kier alpha value is -1.62. The highest BCUT2D eigenvalue weighted by Crippen LogP contribution is 2.30. The van der Waals surface area contributed by atoms with E-state index in [0.29, 0.717) is 21.5 Å². The van der Waals surface area contributed by atoms with Gasteiger partial charge >= 0.3 is 0 Å². The fourth-order valence-corrected chi connectivity index (χ4v) is 3.72. The Balaban J connectivity index is 1.69. The van der Waals surface area contributed by atoms with Crippen molar-refractivity contribution >= 4 is 57.5 Å². The number of nitrogens with one attached hydrogen (secondary N) is 1. The molecule has 1 N–H and O–H groups in total. The standard InChI is InChI=1S/C17H14Cl2N2OS/c1-21-9-16(12-4-2-3-5-15(12)21)23-10-17(22)20-14-7-6-11(18)8-13(14)19/h2-9H,10H2,1H3,(H,20,22). The van der Waals surface area contributed by atoms with Crippen LogP contribution in [-0.4, -0.2) is 16.2 Å². The van der Waals surface area contributed by atoms with Crippen LogP contribution in [0.15, 0.2) is 53.6 Å². The second-order valence-electron chi connectivity index (χ2n) is 5.08. The van der Waals surface area contributed by atoms with E-state index in [4.69, 9.17) is 23.2 Å². The monoisotopic (exact) mass is 364 g/mol. The number of halogens is 2. The van der Waals surface area contributed by atoms with Crippen molar-refractivity contribution in [3.63, 3.8) is 0 Å². The molecule has 0 saturated carbocycles. The Bertz CT molecular complexity index is 876. The van der Waals surface area contributed by atoms with Gasteiger partial charge in [-0.2, -0.15) is 0 Å². The van der Waals surface area contributed by atoms with E-state index < -0.39 is 0 Å². The SMILES string of the molecule is Cn1cc(SCC(=O)Nc2ccc(Cl)cc2Cl)c2ccccc21. The van der Waals surface area contributed by atoms with Gasteiger partial charge in [0.1, 0.15) is 0 Å². The average molecular weight is 365 g/mol. The van der Waals surface area contributed by atoms with Crippen LogP contribution in [0.2, 0.25) is 10.0 Å². The molecule has 3 nitrogen and oxygen atoms in total. The number of anilines is 1. The number of hydrogen-bond acceptors (Lipinski definition) is 2. The molecule has 118 valence electrons. The molecule has 0 aliphatic carbocycles. The number of hydrogen-bond donors (Lipinski definition) is 1. The summed E-state index contributed by atoms with van der Waals surface area (Å²) in [5.41, 5.74) is 1.72. The van der Waals surface area contributed by atoms with E-state index in [0.717, 1.165) is 15.8 Å². The number of fused-ring (bicyclic) bond motifs is 1. The maximum atomic E-state index is 12.1. The van der Waals surface area contributed by atoms with Crippen LogP contribution in [-0.2, 0) is 11.8 Å². The number of carbonyl (C=O) groups is 1. The number of rotatable bonds is 4. The third kappa shape index (κ3) is 3.66. The first-order valence-electron chi connectivity index (χ1n) is 6.96. The van der Waals surface area contributed by atoms with Crippen molar-refractivity contribution in [2.75, 3.05) is 11.1 Å². The van der Waals surface area contributed by atoms with Crippen molar-refractivity contribution in [1.29, 1.82) is 0 Å². The molecule has 1 amide bonds. The van der Waals surface area contributed by atoms with Crippen LogP contribution in [0.1, 0.15) is 0 Å². The van der Waals surface area contributed by atoms with Crippen molar-refractivity contribution in [3.8, 4) is 0 Å². The van der Waals surface area contributed by atoms with Gasteiger partial charge in [0.05, 0.1) is 16.5 Å². The third-order valence-electron chi connectivity index (χ3n) is 3.42. The molecule has 1 heterocycles. The molecular weight excluding hydrogens is 351 g/mol. The molecule has 1 aromatic heterocycles. The summed E-state index contributed by atoms with van der Waals surface area (Å²) >= 11 is 13.4. The summed E-state index contributed by atoms with van der Waals surface area (Å²) in [7, 11) is 2.00. The fourth-order valence-electron chi connectivity index (χ4n) is 2.34. The molecular formula is C17H14Cl2N2OS. The van der Waals surface area contributed by atoms with E-state index in [1.807, 2.05) is 25.4 Å². The van der Waals surface area contributed by atoms with Crippen LogP contribution >= 0.6 is 35.0 Å². The molecule has 0 spiro atoms. The predicted octanol–water partition coefficient (Wildman–Crippen LogP) is 5.22. The zero-order chi connectivity index (χ0) is 16.4. The number of benzene rings is 2. The molecule has 0 unspecified atom stereocenters. The van der Waals surface area contributed by atoms with E-state index in [1.165, 1.54) is 11.8 Å². The normalized spacial score (nSPS) is 10.9. The molecule has 6 heteroatoms. The molecule has 0 atom stereocenters. The minimum Gasteiger partial charge on any atom is -0.349 e. The third-order valence-corrected chi connectivity index (χ3v) is 5.02. The van der Waals surface area contributed by atoms with Crippen molar-refractivity contribution < 1.29 is 4.79 Å². The molecule has 2 aromatic carbocycles. The summed E-state index contributed by atoms with van der Waals surface area (Å²) in [6.07, 6.45) is 2.04. The zero-order valence-electron chi connectivity index (χ0n) is 12.3. The van der Waals surface area contributed by atoms with Gasteiger partial charge in [0, 0.05) is 34.1 Å². The minimum absolute atomic E-state index is 0.104. The van der Waals surface area contributed by atoms with Crippen molar-refractivity contribution in [1.82, 2.24) is 4.57 Å². The van der Waals surface area contributed by atoms with E-state index in [9.17, 15) is 4.79 Å². The molecule has 3 aromatic rings. The fraction of sp³-hybridized carbons (Fsp3) is 0.118. The molecule has 3 rings (SSSR count). The van der Waals surface area contributed by atoms with Gasteiger partial charge in [-0.3, -0.25) is 4.79 Å². The van der Waals surface area contributed by atoms with Crippen molar-refractivity contribution in [2.24, 2.45) is 7.05 Å². The summed E-state index contributed by atoms with van der Waals surface area (Å²) in [5.74, 6) is 0.208. The number of aryl methyl sites for hydroxylation is 1. The summed E-state index contributed by atoms with van der Waals surface area (Å²) in [6, 6.07) is 13.1. The quantitative estimate of drug-likeness (QED) is 0.644. The molecule has 0 aliphatic heterocycles. The van der Waals surface area contributed by atoms with E-state index in [1.54, 1.807) is 18.2 Å². The number of carbonyl (C=O) groups excluding carboxylic acids is 1. The largest absolute Gasteiger partial charge is 0.349 e. The van der Waals surface area contributed by atoms with Gasteiger partial charge in [-0.05, 0) is 24.3 Å². The van der Waals surface area contributed by atoms with Gasteiger partial charge in [0.15, 0.2) is 0 Å². The summed E-state index contributed by atoms with van der Waals surface area (Å²) in [4.78, 5) is 13.2. The van der Waals surface area contributed by atoms with Crippen LogP contribution in [0.5, 0.6) is 0 Å². The minimum atomic E-state index is -0.104. The Morgan fingerprint density at radius 2 is 2.00 bits per heavy atom. The maximum Gasteiger partial charge on any atom is 0.234 e. The van der Waals surface area contributed by atoms with Crippen molar-refractivity contribution in [2.45, 2.75) is 4.90 Å². The number of aromatic nitrogens is 1. The maximum absolute atomic E-state index is 12.1. The lowest BCUT2D eigenvalue weighted by molar-refractivity contribution is -0.113. The first-order valence-corrected chi connectivity index (χ1v) is 8.70. The van der Waals surface area contributed by atoms with Gasteiger partial charge < -0.3 is 9.88 Å². The molecule has 23 heavy (non-hydrogen) atoms. The van der Waals surface area contributed by atoms with Gasteiger partial charge in [-0.15, -0.1) is 11.8 Å². The lowest BCUT2D eigenvalue weighted by atomic mass is 10.2. The van der Waals surface area contributed by atoms with Gasteiger partial charge in [-0.1, -0.05) is 41.4 Å². The lowest BCUT2D eigenvalue weighted by Gasteiger charge is -2.07. The second-order valence-corrected chi connectivity index (χ2v) is 6.94. The van der Waals surface area contributed by atoms with Crippen LogP contribution in [0.25, 0.3) is 10.9 Å². The van der Waals surface area contributed by atoms with Gasteiger partial charge in [0.2, 0.25) is 5.91 Å². The first kappa shape index (κ1) is 16.2. The van der Waals surface area contributed by atoms with E-state index >= 15 is 0 Å². The topological polar surface area (TPSA) is 34.0 Å². The molecule has 0 aliphatic rings. The molecule has 0 radical (unpaired) electrons. The van der Waals surface area contributed by atoms with Gasteiger partial charge in [-0.25, -0.2) is 0 Å². The van der Waals surface area contributed by atoms with Crippen LogP contribution in [0, 0.1) is 0 Å². The van der Waals surface area contributed by atoms with Crippen molar-refractivity contribution in [3.05, 3.63) is 58.7 Å².